The molecule has 7 heteroatoms. The number of ether oxygens (including phenoxy) is 2. The second-order valence-electron chi connectivity index (χ2n) is 6.23. The van der Waals surface area contributed by atoms with E-state index in [0.29, 0.717) is 6.54 Å². The maximum absolute atomic E-state index is 13.1. The van der Waals surface area contributed by atoms with Crippen molar-refractivity contribution >= 4 is 0 Å². The summed E-state index contributed by atoms with van der Waals surface area (Å²) in [6, 6.07) is 11.8. The van der Waals surface area contributed by atoms with Crippen LogP contribution in [0.25, 0.3) is 5.69 Å². The van der Waals surface area contributed by atoms with Crippen molar-refractivity contribution in [1.82, 2.24) is 20.3 Å². The molecule has 0 aliphatic heterocycles. The van der Waals surface area contributed by atoms with Crippen molar-refractivity contribution in [1.29, 1.82) is 0 Å². The third-order valence-corrected chi connectivity index (χ3v) is 4.50. The van der Waals surface area contributed by atoms with Gasteiger partial charge in [-0.15, -0.1) is 5.10 Å². The van der Waals surface area contributed by atoms with Crippen molar-refractivity contribution in [2.24, 2.45) is 0 Å². The number of hydrogen-bond donors (Lipinski definition) is 1. The number of nitrogens with zero attached hydrogens (tertiary/aromatic N) is 3. The normalized spacial score (nSPS) is 12.0. The molecule has 3 aromatic rings. The summed E-state index contributed by atoms with van der Waals surface area (Å²) in [5, 5.41) is 12.0. The molecule has 1 N–H and O–H groups in total. The van der Waals surface area contributed by atoms with E-state index in [1.54, 1.807) is 31.0 Å². The zero-order valence-corrected chi connectivity index (χ0v) is 15.9. The molecule has 1 heterocycles. The van der Waals surface area contributed by atoms with Crippen LogP contribution in [-0.4, -0.2) is 29.2 Å². The molecule has 0 amide bonds. The third-order valence-electron chi connectivity index (χ3n) is 4.50. The number of nitrogens with one attached hydrogen (secondary N) is 1. The van der Waals surface area contributed by atoms with Crippen LogP contribution in [0.3, 0.4) is 0 Å². The number of benzene rings is 2. The molecule has 1 aromatic heterocycles. The average molecular weight is 370 g/mol. The highest BCUT2D eigenvalue weighted by molar-refractivity contribution is 5.40. The Kier molecular flexibility index (Phi) is 5.71. The van der Waals surface area contributed by atoms with E-state index in [-0.39, 0.29) is 11.9 Å². The quantitative estimate of drug-likeness (QED) is 0.689. The van der Waals surface area contributed by atoms with Crippen LogP contribution in [0.2, 0.25) is 0 Å². The van der Waals surface area contributed by atoms with Crippen molar-refractivity contribution in [3.05, 3.63) is 65.2 Å². The van der Waals surface area contributed by atoms with Crippen molar-refractivity contribution < 1.29 is 13.9 Å². The van der Waals surface area contributed by atoms with Gasteiger partial charge in [-0.05, 0) is 56.3 Å². The van der Waals surface area contributed by atoms with Gasteiger partial charge in [-0.3, -0.25) is 0 Å². The third kappa shape index (κ3) is 4.09. The highest BCUT2D eigenvalue weighted by atomic mass is 19.1. The predicted molar refractivity (Wildman–Crippen MR) is 101 cm³/mol. The minimum absolute atomic E-state index is 0.0323. The predicted octanol–water partition coefficient (Wildman–Crippen LogP) is 3.58. The van der Waals surface area contributed by atoms with E-state index in [1.165, 1.54) is 12.1 Å². The number of hydrogen-bond acceptors (Lipinski definition) is 5. The zero-order chi connectivity index (χ0) is 19.4. The Morgan fingerprint density at radius 3 is 2.52 bits per heavy atom. The fraction of sp³-hybridized carbons (Fsp3) is 0.300. The molecule has 6 nitrogen and oxygen atoms in total. The highest BCUT2D eigenvalue weighted by Crippen LogP contribution is 2.25. The van der Waals surface area contributed by atoms with Gasteiger partial charge in [0.25, 0.3) is 0 Å². The van der Waals surface area contributed by atoms with Crippen molar-refractivity contribution in [3.63, 3.8) is 0 Å². The molecule has 0 spiro atoms. The molecule has 2 aromatic carbocycles. The van der Waals surface area contributed by atoms with Crippen molar-refractivity contribution in [2.45, 2.75) is 26.4 Å². The monoisotopic (exact) mass is 370 g/mol. The molecular weight excluding hydrogens is 347 g/mol. The van der Waals surface area contributed by atoms with Crippen LogP contribution in [-0.2, 0) is 6.54 Å². The summed E-state index contributed by atoms with van der Waals surface area (Å²) in [6.45, 7) is 4.56. The number of methoxy groups -OCH3 is 2. The van der Waals surface area contributed by atoms with E-state index in [4.69, 9.17) is 9.47 Å². The highest BCUT2D eigenvalue weighted by Gasteiger charge is 2.17. The first-order chi connectivity index (χ1) is 13.0. The van der Waals surface area contributed by atoms with Crippen molar-refractivity contribution in [2.75, 3.05) is 14.2 Å². The van der Waals surface area contributed by atoms with Gasteiger partial charge in [0.05, 0.1) is 31.6 Å². The van der Waals surface area contributed by atoms with Gasteiger partial charge >= 0.3 is 0 Å². The Morgan fingerprint density at radius 1 is 1.11 bits per heavy atom. The molecule has 0 bridgehead atoms. The summed E-state index contributed by atoms with van der Waals surface area (Å²) in [6.07, 6.45) is 0. The van der Waals surface area contributed by atoms with Gasteiger partial charge < -0.3 is 14.8 Å². The number of aromatic nitrogens is 3. The smallest absolute Gasteiger partial charge is 0.123 e. The number of halogens is 1. The molecule has 0 aliphatic carbocycles. The Balaban J connectivity index is 1.76. The molecule has 1 atom stereocenters. The van der Waals surface area contributed by atoms with Crippen LogP contribution in [0.1, 0.15) is 29.9 Å². The van der Waals surface area contributed by atoms with E-state index >= 15 is 0 Å². The molecule has 1 unspecified atom stereocenters. The molecule has 0 saturated heterocycles. The molecular formula is C20H23FN4O2. The lowest BCUT2D eigenvalue weighted by Crippen LogP contribution is -2.20. The van der Waals surface area contributed by atoms with E-state index in [9.17, 15) is 4.39 Å². The summed E-state index contributed by atoms with van der Waals surface area (Å²) in [7, 11) is 3.28. The SMILES string of the molecule is COc1ccc(OC)c(CNC(C)c2nnn(-c3ccc(F)cc3)c2C)c1. The summed E-state index contributed by atoms with van der Waals surface area (Å²) >= 11 is 0. The average Bonchev–Trinajstić information content (AvgIpc) is 3.08. The van der Waals surface area contributed by atoms with Crippen LogP contribution in [0.4, 0.5) is 4.39 Å². The lowest BCUT2D eigenvalue weighted by Gasteiger charge is -2.15. The summed E-state index contributed by atoms with van der Waals surface area (Å²) in [4.78, 5) is 0. The van der Waals surface area contributed by atoms with Crippen LogP contribution in [0, 0.1) is 12.7 Å². The Bertz CT molecular complexity index is 909. The first-order valence-electron chi connectivity index (χ1n) is 8.66. The molecule has 0 radical (unpaired) electrons. The van der Waals surface area contributed by atoms with E-state index < -0.39 is 0 Å². The minimum Gasteiger partial charge on any atom is -0.497 e. The van der Waals surface area contributed by atoms with Crippen LogP contribution in [0.15, 0.2) is 42.5 Å². The maximum atomic E-state index is 13.1. The van der Waals surface area contributed by atoms with Crippen LogP contribution >= 0.6 is 0 Å². The maximum Gasteiger partial charge on any atom is 0.123 e. The summed E-state index contributed by atoms with van der Waals surface area (Å²) in [5.74, 6) is 1.29. The minimum atomic E-state index is -0.279. The Hall–Kier alpha value is -2.93. The lowest BCUT2D eigenvalue weighted by atomic mass is 10.1. The topological polar surface area (TPSA) is 61.2 Å². The van der Waals surface area contributed by atoms with Crippen molar-refractivity contribution in [3.8, 4) is 17.2 Å². The number of rotatable bonds is 7. The molecule has 0 aliphatic rings. The molecule has 142 valence electrons. The summed E-state index contributed by atoms with van der Waals surface area (Å²) < 4.78 is 25.6. The first-order valence-corrected chi connectivity index (χ1v) is 8.66. The zero-order valence-electron chi connectivity index (χ0n) is 15.9. The van der Waals surface area contributed by atoms with Gasteiger partial charge in [-0.1, -0.05) is 5.21 Å². The Labute approximate surface area is 157 Å². The van der Waals surface area contributed by atoms with Gasteiger partial charge in [-0.2, -0.15) is 0 Å². The second-order valence-corrected chi connectivity index (χ2v) is 6.23. The Morgan fingerprint density at radius 2 is 1.85 bits per heavy atom. The van der Waals surface area contributed by atoms with Gasteiger partial charge in [0.1, 0.15) is 23.0 Å². The van der Waals surface area contributed by atoms with Gasteiger partial charge in [0, 0.05) is 12.1 Å². The largest absolute Gasteiger partial charge is 0.497 e. The molecule has 0 saturated carbocycles. The van der Waals surface area contributed by atoms with Crippen LogP contribution in [0.5, 0.6) is 11.5 Å². The van der Waals surface area contributed by atoms with Crippen LogP contribution < -0.4 is 14.8 Å². The van der Waals surface area contributed by atoms with E-state index in [1.807, 2.05) is 32.0 Å². The lowest BCUT2D eigenvalue weighted by molar-refractivity contribution is 0.395. The fourth-order valence-corrected chi connectivity index (χ4v) is 2.95. The molecule has 27 heavy (non-hydrogen) atoms. The molecule has 0 fully saturated rings. The van der Waals surface area contributed by atoms with Gasteiger partial charge in [0.2, 0.25) is 0 Å². The van der Waals surface area contributed by atoms with Gasteiger partial charge in [-0.25, -0.2) is 9.07 Å². The molecule has 3 rings (SSSR count). The first kappa shape index (κ1) is 18.8. The second kappa shape index (κ2) is 8.18. The summed E-state index contributed by atoms with van der Waals surface area (Å²) in [5.41, 5.74) is 3.50. The van der Waals surface area contributed by atoms with Gasteiger partial charge in [0.15, 0.2) is 0 Å². The standard InChI is InChI=1S/C20H23FN4O2/c1-13(22-12-15-11-18(26-3)9-10-19(15)27-4)20-14(2)25(24-23-20)17-7-5-16(21)6-8-17/h5-11,13,22H,12H2,1-4H3. The van der Waals surface area contributed by atoms with E-state index in [0.717, 1.165) is 34.1 Å². The van der Waals surface area contributed by atoms with E-state index in [2.05, 4.69) is 15.6 Å². The fourth-order valence-electron chi connectivity index (χ4n) is 2.95.